The van der Waals surface area contributed by atoms with Crippen LogP contribution in [-0.4, -0.2) is 38.7 Å². The highest BCUT2D eigenvalue weighted by atomic mass is 16.5. The molecule has 18 heavy (non-hydrogen) atoms. The minimum atomic E-state index is 0.150. The number of hydrogen-bond acceptors (Lipinski definition) is 3. The van der Waals surface area contributed by atoms with Crippen molar-refractivity contribution in [3.63, 3.8) is 0 Å². The highest BCUT2D eigenvalue weighted by Gasteiger charge is 2.32. The Hall–Kier alpha value is -1.06. The number of rotatable bonds is 3. The zero-order valence-corrected chi connectivity index (χ0v) is 11.5. The highest BCUT2D eigenvalue weighted by molar-refractivity contribution is 5.33. The van der Waals surface area contributed by atoms with E-state index in [-0.39, 0.29) is 5.41 Å². The first-order chi connectivity index (χ1) is 8.70. The molecule has 0 amide bonds. The third-order valence-electron chi connectivity index (χ3n) is 4.26. The molecule has 100 valence electrons. The largest absolute Gasteiger partial charge is 0.497 e. The zero-order chi connectivity index (χ0) is 13.0. The molecule has 1 heterocycles. The lowest BCUT2D eigenvalue weighted by molar-refractivity contribution is 0.328. The Morgan fingerprint density at radius 2 is 1.94 bits per heavy atom. The fourth-order valence-electron chi connectivity index (χ4n) is 2.88. The second-order valence-electron chi connectivity index (χ2n) is 5.37. The third kappa shape index (κ3) is 2.68. The lowest BCUT2D eigenvalue weighted by Gasteiger charge is -2.32. The first-order valence-corrected chi connectivity index (χ1v) is 6.73. The van der Waals surface area contributed by atoms with Gasteiger partial charge in [-0.15, -0.1) is 0 Å². The van der Waals surface area contributed by atoms with Gasteiger partial charge < -0.3 is 15.4 Å². The molecule has 0 bridgehead atoms. The standard InChI is InChI=1S/C15H24N2O/c1-17-10-3-8-15(12-16,9-11-17)13-4-6-14(18-2)7-5-13/h4-7H,3,8-12,16H2,1-2H3. The van der Waals surface area contributed by atoms with E-state index < -0.39 is 0 Å². The van der Waals surface area contributed by atoms with Gasteiger partial charge in [-0.25, -0.2) is 0 Å². The molecule has 2 N–H and O–H groups in total. The van der Waals surface area contributed by atoms with Gasteiger partial charge in [0.15, 0.2) is 0 Å². The van der Waals surface area contributed by atoms with Gasteiger partial charge in [-0.05, 0) is 57.1 Å². The van der Waals surface area contributed by atoms with Crippen molar-refractivity contribution in [1.29, 1.82) is 0 Å². The molecule has 0 aromatic heterocycles. The van der Waals surface area contributed by atoms with Crippen LogP contribution in [0, 0.1) is 0 Å². The molecule has 1 fully saturated rings. The van der Waals surface area contributed by atoms with E-state index in [4.69, 9.17) is 10.5 Å². The molecule has 0 saturated carbocycles. The summed E-state index contributed by atoms with van der Waals surface area (Å²) in [6.07, 6.45) is 3.55. The molecule has 3 nitrogen and oxygen atoms in total. The topological polar surface area (TPSA) is 38.5 Å². The number of ether oxygens (including phenoxy) is 1. The van der Waals surface area contributed by atoms with E-state index in [9.17, 15) is 0 Å². The maximum Gasteiger partial charge on any atom is 0.118 e. The predicted octanol–water partition coefficient (Wildman–Crippen LogP) is 2.01. The summed E-state index contributed by atoms with van der Waals surface area (Å²) in [5, 5.41) is 0. The van der Waals surface area contributed by atoms with E-state index in [2.05, 4.69) is 24.1 Å². The van der Waals surface area contributed by atoms with Gasteiger partial charge in [0.1, 0.15) is 5.75 Å². The molecule has 1 saturated heterocycles. The summed E-state index contributed by atoms with van der Waals surface area (Å²) in [6.45, 7) is 3.04. The number of benzene rings is 1. The summed E-state index contributed by atoms with van der Waals surface area (Å²) in [5.74, 6) is 0.914. The SMILES string of the molecule is COc1ccc(C2(CN)CCCN(C)CC2)cc1. The van der Waals surface area contributed by atoms with Crippen LogP contribution in [0.4, 0.5) is 0 Å². The van der Waals surface area contributed by atoms with Crippen molar-refractivity contribution in [2.24, 2.45) is 5.73 Å². The van der Waals surface area contributed by atoms with E-state index in [1.54, 1.807) is 7.11 Å². The van der Waals surface area contributed by atoms with Crippen LogP contribution in [-0.2, 0) is 5.41 Å². The second kappa shape index (κ2) is 5.72. The molecule has 3 heteroatoms. The van der Waals surface area contributed by atoms with Gasteiger partial charge in [0, 0.05) is 12.0 Å². The minimum absolute atomic E-state index is 0.150. The monoisotopic (exact) mass is 248 g/mol. The van der Waals surface area contributed by atoms with Crippen LogP contribution in [0.25, 0.3) is 0 Å². The van der Waals surface area contributed by atoms with E-state index in [1.165, 1.54) is 24.9 Å². The summed E-state index contributed by atoms with van der Waals surface area (Å²) < 4.78 is 5.23. The van der Waals surface area contributed by atoms with Crippen LogP contribution >= 0.6 is 0 Å². The summed E-state index contributed by atoms with van der Waals surface area (Å²) in [4.78, 5) is 2.40. The van der Waals surface area contributed by atoms with Crippen molar-refractivity contribution in [1.82, 2.24) is 4.90 Å². The molecular formula is C15H24N2O. The number of methoxy groups -OCH3 is 1. The number of hydrogen-bond donors (Lipinski definition) is 1. The van der Waals surface area contributed by atoms with Crippen molar-refractivity contribution in [3.8, 4) is 5.75 Å². The Bertz CT molecular complexity index is 377. The van der Waals surface area contributed by atoms with Crippen LogP contribution in [0.3, 0.4) is 0 Å². The average Bonchev–Trinajstić information content (AvgIpc) is 2.62. The molecule has 1 aliphatic rings. The van der Waals surface area contributed by atoms with Crippen LogP contribution in [0.15, 0.2) is 24.3 Å². The molecule has 1 unspecified atom stereocenters. The number of nitrogens with two attached hydrogens (primary N) is 1. The Balaban J connectivity index is 2.24. The summed E-state index contributed by atoms with van der Waals surface area (Å²) in [6, 6.07) is 8.44. The summed E-state index contributed by atoms with van der Waals surface area (Å²) in [5.41, 5.74) is 7.62. The zero-order valence-electron chi connectivity index (χ0n) is 11.5. The van der Waals surface area contributed by atoms with E-state index in [0.717, 1.165) is 25.3 Å². The van der Waals surface area contributed by atoms with Gasteiger partial charge in [0.2, 0.25) is 0 Å². The van der Waals surface area contributed by atoms with Crippen molar-refractivity contribution in [2.75, 3.05) is 33.8 Å². The van der Waals surface area contributed by atoms with E-state index in [0.29, 0.717) is 0 Å². The van der Waals surface area contributed by atoms with Crippen molar-refractivity contribution >= 4 is 0 Å². The summed E-state index contributed by atoms with van der Waals surface area (Å²) >= 11 is 0. The number of nitrogens with zero attached hydrogens (tertiary/aromatic N) is 1. The Morgan fingerprint density at radius 3 is 2.56 bits per heavy atom. The second-order valence-corrected chi connectivity index (χ2v) is 5.37. The number of likely N-dealkylation sites (tertiary alicyclic amines) is 1. The Morgan fingerprint density at radius 1 is 1.22 bits per heavy atom. The van der Waals surface area contributed by atoms with Crippen molar-refractivity contribution in [3.05, 3.63) is 29.8 Å². The van der Waals surface area contributed by atoms with Gasteiger partial charge in [0.25, 0.3) is 0 Å². The maximum atomic E-state index is 6.11. The van der Waals surface area contributed by atoms with Crippen molar-refractivity contribution in [2.45, 2.75) is 24.7 Å². The molecule has 0 spiro atoms. The smallest absolute Gasteiger partial charge is 0.118 e. The minimum Gasteiger partial charge on any atom is -0.497 e. The molecule has 1 aromatic rings. The highest BCUT2D eigenvalue weighted by Crippen LogP contribution is 2.35. The lowest BCUT2D eigenvalue weighted by atomic mass is 9.74. The van der Waals surface area contributed by atoms with Gasteiger partial charge in [-0.1, -0.05) is 12.1 Å². The summed E-state index contributed by atoms with van der Waals surface area (Å²) in [7, 11) is 3.90. The first kappa shape index (κ1) is 13.4. The molecule has 1 atom stereocenters. The molecule has 0 radical (unpaired) electrons. The lowest BCUT2D eigenvalue weighted by Crippen LogP contribution is -2.36. The van der Waals surface area contributed by atoms with Crippen molar-refractivity contribution < 1.29 is 4.74 Å². The van der Waals surface area contributed by atoms with Gasteiger partial charge >= 0.3 is 0 Å². The molecule has 1 aliphatic heterocycles. The van der Waals surface area contributed by atoms with Crippen LogP contribution in [0.1, 0.15) is 24.8 Å². The fraction of sp³-hybridized carbons (Fsp3) is 0.600. The predicted molar refractivity (Wildman–Crippen MR) is 75.1 cm³/mol. The Kier molecular flexibility index (Phi) is 4.25. The van der Waals surface area contributed by atoms with Crippen LogP contribution in [0.5, 0.6) is 5.75 Å². The van der Waals surface area contributed by atoms with Gasteiger partial charge in [0.05, 0.1) is 7.11 Å². The maximum absolute atomic E-state index is 6.11. The normalized spacial score (nSPS) is 25.7. The van der Waals surface area contributed by atoms with Gasteiger partial charge in [-0.2, -0.15) is 0 Å². The van der Waals surface area contributed by atoms with E-state index >= 15 is 0 Å². The Labute approximate surface area is 110 Å². The average molecular weight is 248 g/mol. The van der Waals surface area contributed by atoms with Crippen LogP contribution < -0.4 is 10.5 Å². The molecular weight excluding hydrogens is 224 g/mol. The fourth-order valence-corrected chi connectivity index (χ4v) is 2.88. The van der Waals surface area contributed by atoms with Crippen LogP contribution in [0.2, 0.25) is 0 Å². The first-order valence-electron chi connectivity index (χ1n) is 6.73. The third-order valence-corrected chi connectivity index (χ3v) is 4.26. The quantitative estimate of drug-likeness (QED) is 0.889. The molecule has 1 aromatic carbocycles. The molecule has 2 rings (SSSR count). The molecule has 0 aliphatic carbocycles. The van der Waals surface area contributed by atoms with E-state index in [1.807, 2.05) is 12.1 Å². The van der Waals surface area contributed by atoms with Gasteiger partial charge in [-0.3, -0.25) is 0 Å².